The summed E-state index contributed by atoms with van der Waals surface area (Å²) in [4.78, 5) is 22.2. The quantitative estimate of drug-likeness (QED) is 0.805. The number of nitrogens with one attached hydrogen (secondary N) is 1. The Labute approximate surface area is 120 Å². The van der Waals surface area contributed by atoms with Gasteiger partial charge in [0.2, 0.25) is 5.91 Å². The number of carboxylic acids is 1. The van der Waals surface area contributed by atoms with E-state index in [0.717, 1.165) is 5.56 Å². The summed E-state index contributed by atoms with van der Waals surface area (Å²) in [5.74, 6) is -1.05. The van der Waals surface area contributed by atoms with Gasteiger partial charge in [0.15, 0.2) is 0 Å². The van der Waals surface area contributed by atoms with Crippen molar-refractivity contribution < 1.29 is 14.7 Å². The maximum absolute atomic E-state index is 11.6. The van der Waals surface area contributed by atoms with Gasteiger partial charge in [-0.2, -0.15) is 0 Å². The smallest absolute Gasteiger partial charge is 0.308 e. The van der Waals surface area contributed by atoms with Crippen LogP contribution in [-0.4, -0.2) is 23.5 Å². The van der Waals surface area contributed by atoms with E-state index in [1.807, 2.05) is 12.1 Å². The van der Waals surface area contributed by atoms with Crippen molar-refractivity contribution in [1.82, 2.24) is 5.32 Å². The third-order valence-electron chi connectivity index (χ3n) is 3.31. The summed E-state index contributed by atoms with van der Waals surface area (Å²) in [6, 6.07) is 8.26. The Morgan fingerprint density at radius 3 is 2.25 bits per heavy atom. The van der Waals surface area contributed by atoms with Crippen LogP contribution in [0.2, 0.25) is 0 Å². The molecule has 0 aliphatic carbocycles. The topological polar surface area (TPSA) is 66.4 Å². The number of benzene rings is 1. The number of carbonyl (C=O) groups excluding carboxylic acids is 1. The molecule has 0 fully saturated rings. The van der Waals surface area contributed by atoms with E-state index in [-0.39, 0.29) is 12.5 Å². The fourth-order valence-corrected chi connectivity index (χ4v) is 1.77. The van der Waals surface area contributed by atoms with Crippen molar-refractivity contribution in [2.24, 2.45) is 5.92 Å². The van der Waals surface area contributed by atoms with E-state index >= 15 is 0 Å². The predicted octanol–water partition coefficient (Wildman–Crippen LogP) is 2.58. The lowest BCUT2D eigenvalue weighted by molar-refractivity contribution is -0.141. The lowest BCUT2D eigenvalue weighted by Gasteiger charge is -2.09. The second kappa shape index (κ2) is 7.68. The minimum absolute atomic E-state index is 0.106. The molecule has 4 nitrogen and oxygen atoms in total. The normalized spacial score (nSPS) is 12.2. The predicted molar refractivity (Wildman–Crippen MR) is 78.7 cm³/mol. The van der Waals surface area contributed by atoms with Crippen LogP contribution in [0.3, 0.4) is 0 Å². The minimum Gasteiger partial charge on any atom is -0.481 e. The maximum Gasteiger partial charge on any atom is 0.308 e. The Hall–Kier alpha value is -1.84. The third kappa shape index (κ3) is 5.43. The molecule has 20 heavy (non-hydrogen) atoms. The van der Waals surface area contributed by atoms with Gasteiger partial charge in [0.1, 0.15) is 0 Å². The van der Waals surface area contributed by atoms with Gasteiger partial charge in [-0.25, -0.2) is 0 Å². The van der Waals surface area contributed by atoms with Crippen LogP contribution in [0, 0.1) is 5.92 Å². The van der Waals surface area contributed by atoms with E-state index in [2.05, 4.69) is 31.3 Å². The zero-order valence-corrected chi connectivity index (χ0v) is 12.3. The zero-order valence-electron chi connectivity index (χ0n) is 12.3. The van der Waals surface area contributed by atoms with Gasteiger partial charge in [-0.05, 0) is 23.5 Å². The van der Waals surface area contributed by atoms with E-state index in [4.69, 9.17) is 5.11 Å². The molecule has 0 radical (unpaired) electrons. The molecule has 0 aliphatic rings. The van der Waals surface area contributed by atoms with E-state index < -0.39 is 11.9 Å². The van der Waals surface area contributed by atoms with Crippen LogP contribution >= 0.6 is 0 Å². The number of hydrogen-bond donors (Lipinski definition) is 2. The molecule has 0 bridgehead atoms. The van der Waals surface area contributed by atoms with E-state index in [1.165, 1.54) is 5.56 Å². The number of aliphatic carboxylic acids is 1. The average Bonchev–Trinajstić information content (AvgIpc) is 2.42. The first kappa shape index (κ1) is 16.2. The van der Waals surface area contributed by atoms with Gasteiger partial charge in [-0.3, -0.25) is 9.59 Å². The largest absolute Gasteiger partial charge is 0.481 e. The Morgan fingerprint density at radius 1 is 1.15 bits per heavy atom. The van der Waals surface area contributed by atoms with Crippen LogP contribution in [0.4, 0.5) is 0 Å². The van der Waals surface area contributed by atoms with Gasteiger partial charge in [0.25, 0.3) is 0 Å². The Balaban J connectivity index is 2.35. The van der Waals surface area contributed by atoms with Crippen molar-refractivity contribution in [3.63, 3.8) is 0 Å². The number of hydrogen-bond acceptors (Lipinski definition) is 2. The van der Waals surface area contributed by atoms with Crippen molar-refractivity contribution in [1.29, 1.82) is 0 Å². The molecule has 1 unspecified atom stereocenters. The molecular formula is C16H23NO3. The molecule has 1 aromatic rings. The maximum atomic E-state index is 11.6. The minimum atomic E-state index is -0.894. The number of carbonyl (C=O) groups is 2. The van der Waals surface area contributed by atoms with Crippen molar-refractivity contribution in [2.75, 3.05) is 6.54 Å². The van der Waals surface area contributed by atoms with E-state index in [1.54, 1.807) is 6.92 Å². The summed E-state index contributed by atoms with van der Waals surface area (Å²) in [6.45, 7) is 6.05. The third-order valence-corrected chi connectivity index (χ3v) is 3.31. The first-order valence-corrected chi connectivity index (χ1v) is 6.98. The summed E-state index contributed by atoms with van der Waals surface area (Å²) in [5.41, 5.74) is 2.41. The molecule has 1 atom stereocenters. The van der Waals surface area contributed by atoms with Crippen molar-refractivity contribution >= 4 is 11.9 Å². The summed E-state index contributed by atoms with van der Waals surface area (Å²) in [5, 5.41) is 11.4. The molecule has 0 saturated heterocycles. The second-order valence-corrected chi connectivity index (χ2v) is 5.44. The fourth-order valence-electron chi connectivity index (χ4n) is 1.77. The number of aryl methyl sites for hydroxylation is 1. The highest BCUT2D eigenvalue weighted by Crippen LogP contribution is 2.15. The van der Waals surface area contributed by atoms with Crippen LogP contribution < -0.4 is 5.32 Å². The van der Waals surface area contributed by atoms with Gasteiger partial charge in [-0.1, -0.05) is 45.0 Å². The standard InChI is InChI=1S/C16H23NO3/c1-11(2)14-7-4-13(5-8-14)6-9-15(18)17-10-12(3)16(19)20/h4-5,7-8,11-12H,6,9-10H2,1-3H3,(H,17,18)(H,19,20). The summed E-state index contributed by atoms with van der Waals surface area (Å²) in [6.07, 6.45) is 1.05. The van der Waals surface area contributed by atoms with Gasteiger partial charge in [0, 0.05) is 13.0 Å². The van der Waals surface area contributed by atoms with Gasteiger partial charge >= 0.3 is 5.97 Å². The van der Waals surface area contributed by atoms with Crippen molar-refractivity contribution in [2.45, 2.75) is 39.5 Å². The van der Waals surface area contributed by atoms with Gasteiger partial charge in [0.05, 0.1) is 5.92 Å². The molecule has 0 saturated carbocycles. The van der Waals surface area contributed by atoms with Crippen LogP contribution in [0.5, 0.6) is 0 Å². The highest BCUT2D eigenvalue weighted by molar-refractivity contribution is 5.77. The molecule has 2 N–H and O–H groups in total. The molecule has 0 heterocycles. The highest BCUT2D eigenvalue weighted by Gasteiger charge is 2.12. The molecule has 110 valence electrons. The summed E-state index contributed by atoms with van der Waals surface area (Å²) < 4.78 is 0. The fraction of sp³-hybridized carbons (Fsp3) is 0.500. The lowest BCUT2D eigenvalue weighted by Crippen LogP contribution is -2.31. The molecule has 1 aromatic carbocycles. The SMILES string of the molecule is CC(CNC(=O)CCc1ccc(C(C)C)cc1)C(=O)O. The molecular weight excluding hydrogens is 254 g/mol. The number of rotatable bonds is 7. The zero-order chi connectivity index (χ0) is 15.1. The lowest BCUT2D eigenvalue weighted by atomic mass is 10.0. The van der Waals surface area contributed by atoms with Crippen molar-refractivity contribution in [3.05, 3.63) is 35.4 Å². The van der Waals surface area contributed by atoms with Crippen LogP contribution in [0.25, 0.3) is 0 Å². The van der Waals surface area contributed by atoms with E-state index in [9.17, 15) is 9.59 Å². The van der Waals surface area contributed by atoms with Gasteiger partial charge in [-0.15, -0.1) is 0 Å². The van der Waals surface area contributed by atoms with Gasteiger partial charge < -0.3 is 10.4 Å². The van der Waals surface area contributed by atoms with Crippen LogP contribution in [-0.2, 0) is 16.0 Å². The monoisotopic (exact) mass is 277 g/mol. The number of carboxylic acid groups (broad SMARTS) is 1. The summed E-state index contributed by atoms with van der Waals surface area (Å²) >= 11 is 0. The van der Waals surface area contributed by atoms with E-state index in [0.29, 0.717) is 18.8 Å². The average molecular weight is 277 g/mol. The molecule has 1 rings (SSSR count). The number of amides is 1. The first-order valence-electron chi connectivity index (χ1n) is 6.98. The van der Waals surface area contributed by atoms with Crippen LogP contribution in [0.15, 0.2) is 24.3 Å². The Kier molecular flexibility index (Phi) is 6.22. The van der Waals surface area contributed by atoms with Crippen LogP contribution in [0.1, 0.15) is 44.2 Å². The van der Waals surface area contributed by atoms with Crippen molar-refractivity contribution in [3.8, 4) is 0 Å². The highest BCUT2D eigenvalue weighted by atomic mass is 16.4. The molecule has 0 aliphatic heterocycles. The Morgan fingerprint density at radius 2 is 1.75 bits per heavy atom. The molecule has 0 aromatic heterocycles. The molecule has 4 heteroatoms. The molecule has 0 spiro atoms. The summed E-state index contributed by atoms with van der Waals surface area (Å²) in [7, 11) is 0. The second-order valence-electron chi connectivity index (χ2n) is 5.44. The Bertz CT molecular complexity index is 451. The first-order chi connectivity index (χ1) is 9.40. The molecule has 1 amide bonds.